The summed E-state index contributed by atoms with van der Waals surface area (Å²) in [7, 11) is 2.31. The highest BCUT2D eigenvalue weighted by atomic mass is 19.1. The molecule has 0 bridgehead atoms. The van der Waals surface area contributed by atoms with Crippen molar-refractivity contribution in [2.75, 3.05) is 14.2 Å². The quantitative estimate of drug-likeness (QED) is 0.811. The molecular formula is C17H17F2NO5. The number of aromatic hydroxyl groups is 1. The minimum absolute atomic E-state index is 0.0120. The van der Waals surface area contributed by atoms with Crippen LogP contribution in [0.15, 0.2) is 34.7 Å². The Morgan fingerprint density at radius 2 is 1.40 bits per heavy atom. The number of benzene rings is 1. The van der Waals surface area contributed by atoms with Gasteiger partial charge in [0.15, 0.2) is 17.4 Å². The smallest absolute Gasteiger partial charge is 0.336 e. The molecular weight excluding hydrogens is 336 g/mol. The lowest BCUT2D eigenvalue weighted by Gasteiger charge is -2.30. The fourth-order valence-corrected chi connectivity index (χ4v) is 2.84. The van der Waals surface area contributed by atoms with Gasteiger partial charge in [0.2, 0.25) is 0 Å². The Balaban J connectivity index is 2.77. The minimum atomic E-state index is -1.21. The molecule has 2 N–H and O–H groups in total. The van der Waals surface area contributed by atoms with Gasteiger partial charge in [-0.2, -0.15) is 0 Å². The van der Waals surface area contributed by atoms with E-state index in [9.17, 15) is 23.5 Å². The molecule has 0 atom stereocenters. The van der Waals surface area contributed by atoms with Gasteiger partial charge < -0.3 is 19.9 Å². The number of phenolic OH excluding ortho intramolecular Hbond substituents is 1. The summed E-state index contributed by atoms with van der Waals surface area (Å²) >= 11 is 0. The van der Waals surface area contributed by atoms with Gasteiger partial charge >= 0.3 is 11.9 Å². The largest absolute Gasteiger partial charge is 0.503 e. The Labute approximate surface area is 142 Å². The van der Waals surface area contributed by atoms with Gasteiger partial charge in [-0.15, -0.1) is 0 Å². The van der Waals surface area contributed by atoms with Gasteiger partial charge in [0.25, 0.3) is 0 Å². The maximum Gasteiger partial charge on any atom is 0.336 e. The van der Waals surface area contributed by atoms with Gasteiger partial charge in [0.05, 0.1) is 31.3 Å². The van der Waals surface area contributed by atoms with Crippen LogP contribution in [0, 0.1) is 11.6 Å². The molecule has 0 spiro atoms. The van der Waals surface area contributed by atoms with E-state index in [4.69, 9.17) is 9.47 Å². The maximum atomic E-state index is 13.8. The van der Waals surface area contributed by atoms with Crippen molar-refractivity contribution >= 4 is 11.9 Å². The number of carbonyl (C=O) groups is 2. The van der Waals surface area contributed by atoms with E-state index < -0.39 is 35.2 Å². The molecule has 0 fully saturated rings. The van der Waals surface area contributed by atoms with Crippen LogP contribution in [0.5, 0.6) is 5.75 Å². The van der Waals surface area contributed by atoms with E-state index in [0.717, 1.165) is 26.4 Å². The van der Waals surface area contributed by atoms with Crippen LogP contribution in [0.25, 0.3) is 0 Å². The van der Waals surface area contributed by atoms with E-state index in [2.05, 4.69) is 5.32 Å². The molecule has 1 aromatic rings. The van der Waals surface area contributed by atoms with Gasteiger partial charge in [-0.05, 0) is 31.5 Å². The van der Waals surface area contributed by atoms with Crippen LogP contribution < -0.4 is 5.32 Å². The fraction of sp³-hybridized carbons (Fsp3) is 0.294. The first kappa shape index (κ1) is 18.4. The molecule has 0 aromatic heterocycles. The average Bonchev–Trinajstić information content (AvgIpc) is 2.57. The van der Waals surface area contributed by atoms with Crippen molar-refractivity contribution in [3.05, 3.63) is 51.9 Å². The summed E-state index contributed by atoms with van der Waals surface area (Å²) in [5.41, 5.74) is 0.733. The summed E-state index contributed by atoms with van der Waals surface area (Å²) in [6.07, 6.45) is 0. The molecule has 1 heterocycles. The Kier molecular flexibility index (Phi) is 5.10. The van der Waals surface area contributed by atoms with E-state index in [-0.39, 0.29) is 16.7 Å². The number of esters is 2. The van der Waals surface area contributed by atoms with E-state index in [1.165, 1.54) is 0 Å². The number of carbonyl (C=O) groups excluding carboxylic acids is 2. The monoisotopic (exact) mass is 353 g/mol. The van der Waals surface area contributed by atoms with Crippen LogP contribution in [-0.4, -0.2) is 31.3 Å². The minimum Gasteiger partial charge on any atom is -0.503 e. The number of dihydropyridines is 1. The highest BCUT2D eigenvalue weighted by Gasteiger charge is 2.38. The Hall–Kier alpha value is -2.90. The third-order valence-electron chi connectivity index (χ3n) is 3.94. The Morgan fingerprint density at radius 1 is 1.00 bits per heavy atom. The number of halogens is 2. The number of nitrogens with one attached hydrogen (secondary N) is 1. The number of hydrogen-bond donors (Lipinski definition) is 2. The maximum absolute atomic E-state index is 13.8. The number of ether oxygens (including phenoxy) is 2. The van der Waals surface area contributed by atoms with Crippen LogP contribution in [0.3, 0.4) is 0 Å². The summed E-state index contributed by atoms with van der Waals surface area (Å²) in [6, 6.07) is 1.72. The highest BCUT2D eigenvalue weighted by molar-refractivity contribution is 5.99. The van der Waals surface area contributed by atoms with Gasteiger partial charge in [-0.1, -0.05) is 0 Å². The molecule has 1 aliphatic rings. The zero-order chi connectivity index (χ0) is 18.9. The van der Waals surface area contributed by atoms with E-state index >= 15 is 0 Å². The first-order valence-corrected chi connectivity index (χ1v) is 7.26. The van der Waals surface area contributed by atoms with Crippen molar-refractivity contribution in [3.8, 4) is 5.75 Å². The lowest BCUT2D eigenvalue weighted by atomic mass is 9.80. The van der Waals surface area contributed by atoms with Crippen LogP contribution in [0.4, 0.5) is 8.78 Å². The summed E-state index contributed by atoms with van der Waals surface area (Å²) < 4.78 is 37.2. The number of phenols is 1. The predicted molar refractivity (Wildman–Crippen MR) is 83.3 cm³/mol. The molecule has 0 aliphatic carbocycles. The lowest BCUT2D eigenvalue weighted by Crippen LogP contribution is -2.32. The highest BCUT2D eigenvalue weighted by Crippen LogP contribution is 2.40. The van der Waals surface area contributed by atoms with Crippen LogP contribution in [0.1, 0.15) is 25.3 Å². The number of allylic oxidation sites excluding steroid dienone is 2. The molecule has 134 valence electrons. The molecule has 1 aliphatic heterocycles. The predicted octanol–water partition coefficient (Wildman–Crippen LogP) is 2.25. The second-order valence-corrected chi connectivity index (χ2v) is 5.45. The molecule has 0 radical (unpaired) electrons. The van der Waals surface area contributed by atoms with Crippen LogP contribution in [-0.2, 0) is 19.1 Å². The normalized spacial score (nSPS) is 15.1. The van der Waals surface area contributed by atoms with Crippen molar-refractivity contribution < 1.29 is 33.0 Å². The zero-order valence-electron chi connectivity index (χ0n) is 14.1. The fourth-order valence-electron chi connectivity index (χ4n) is 2.84. The molecule has 0 amide bonds. The van der Waals surface area contributed by atoms with Crippen molar-refractivity contribution in [1.82, 2.24) is 5.32 Å². The van der Waals surface area contributed by atoms with Crippen molar-refractivity contribution in [1.29, 1.82) is 0 Å². The number of rotatable bonds is 3. The Bertz CT molecular complexity index is 752. The van der Waals surface area contributed by atoms with E-state index in [1.807, 2.05) is 0 Å². The SMILES string of the molecule is COC(=O)C1=C(C)NC(C)=C(C(=O)OC)C1c1cc(F)c(O)c(F)c1. The summed E-state index contributed by atoms with van der Waals surface area (Å²) in [5.74, 6) is -6.21. The van der Waals surface area contributed by atoms with E-state index in [0.29, 0.717) is 11.4 Å². The van der Waals surface area contributed by atoms with Crippen LogP contribution in [0.2, 0.25) is 0 Å². The molecule has 2 rings (SSSR count). The van der Waals surface area contributed by atoms with E-state index in [1.54, 1.807) is 13.8 Å². The molecule has 6 nitrogen and oxygen atoms in total. The van der Waals surface area contributed by atoms with Gasteiger partial charge in [0.1, 0.15) is 0 Å². The first-order chi connectivity index (χ1) is 11.7. The zero-order valence-corrected chi connectivity index (χ0v) is 14.1. The van der Waals surface area contributed by atoms with Crippen molar-refractivity contribution in [3.63, 3.8) is 0 Å². The summed E-state index contributed by atoms with van der Waals surface area (Å²) in [4.78, 5) is 24.5. The number of hydrogen-bond acceptors (Lipinski definition) is 6. The summed E-state index contributed by atoms with van der Waals surface area (Å²) in [6.45, 7) is 3.15. The second-order valence-electron chi connectivity index (χ2n) is 5.45. The number of methoxy groups -OCH3 is 2. The van der Waals surface area contributed by atoms with Crippen molar-refractivity contribution in [2.45, 2.75) is 19.8 Å². The van der Waals surface area contributed by atoms with Crippen LogP contribution >= 0.6 is 0 Å². The first-order valence-electron chi connectivity index (χ1n) is 7.26. The second kappa shape index (κ2) is 6.92. The molecule has 8 heteroatoms. The molecule has 0 saturated heterocycles. The summed E-state index contributed by atoms with van der Waals surface area (Å²) in [5, 5.41) is 12.2. The van der Waals surface area contributed by atoms with Crippen molar-refractivity contribution in [2.24, 2.45) is 0 Å². The molecule has 1 aromatic carbocycles. The van der Waals surface area contributed by atoms with Gasteiger partial charge in [-0.3, -0.25) is 0 Å². The van der Waals surface area contributed by atoms with Gasteiger partial charge in [0, 0.05) is 11.4 Å². The Morgan fingerprint density at radius 3 is 1.76 bits per heavy atom. The molecule has 25 heavy (non-hydrogen) atoms. The lowest BCUT2D eigenvalue weighted by molar-refractivity contribution is -0.137. The standard InChI is InChI=1S/C17H17F2NO5/c1-7-12(16(22)24-3)14(13(8(2)20-7)17(23)25-4)9-5-10(18)15(21)11(19)6-9/h5-6,14,20-21H,1-4H3. The third-order valence-corrected chi connectivity index (χ3v) is 3.94. The molecule has 0 saturated carbocycles. The topological polar surface area (TPSA) is 84.9 Å². The average molecular weight is 353 g/mol. The van der Waals surface area contributed by atoms with Gasteiger partial charge in [-0.25, -0.2) is 18.4 Å². The third kappa shape index (κ3) is 3.19. The molecule has 0 unspecified atom stereocenters.